The van der Waals surface area contributed by atoms with E-state index in [-0.39, 0.29) is 5.60 Å². The van der Waals surface area contributed by atoms with E-state index in [9.17, 15) is 0 Å². The Kier molecular flexibility index (Phi) is 1.78. The molecule has 1 aliphatic rings. The Morgan fingerprint density at radius 2 is 2.22 bits per heavy atom. The molecule has 0 amide bonds. The first kappa shape index (κ1) is 7.03. The summed E-state index contributed by atoms with van der Waals surface area (Å²) in [6, 6.07) is 0. The molecule has 0 N–H and O–H groups in total. The number of hydrogen-bond donors (Lipinski definition) is 0. The molecule has 0 bridgehead atoms. The van der Waals surface area contributed by atoms with Gasteiger partial charge in [0.1, 0.15) is 5.60 Å². The highest BCUT2D eigenvalue weighted by molar-refractivity contribution is 4.94. The van der Waals surface area contributed by atoms with Crippen molar-refractivity contribution in [3.63, 3.8) is 0 Å². The van der Waals surface area contributed by atoms with Crippen molar-refractivity contribution in [3.05, 3.63) is 0 Å². The molecule has 0 aromatic carbocycles. The Hall–Kier alpha value is -0.0800. The lowest BCUT2D eigenvalue weighted by Crippen LogP contribution is -2.25. The summed E-state index contributed by atoms with van der Waals surface area (Å²) in [5, 5.41) is 0. The second kappa shape index (κ2) is 2.27. The van der Waals surface area contributed by atoms with Gasteiger partial charge in [-0.05, 0) is 5.92 Å². The number of hydrogen-bond acceptors (Lipinski definition) is 2. The normalized spacial score (nSPS) is 33.3. The lowest BCUT2D eigenvalue weighted by Gasteiger charge is -2.13. The van der Waals surface area contributed by atoms with E-state index in [0.717, 1.165) is 13.2 Å². The summed E-state index contributed by atoms with van der Waals surface area (Å²) in [7, 11) is 1.71. The van der Waals surface area contributed by atoms with Crippen LogP contribution in [0.5, 0.6) is 0 Å². The fraction of sp³-hybridized carbons (Fsp3) is 1.00. The van der Waals surface area contributed by atoms with E-state index in [4.69, 9.17) is 9.47 Å². The number of methoxy groups -OCH3 is 1. The van der Waals surface area contributed by atoms with Gasteiger partial charge in [-0.15, -0.1) is 0 Å². The minimum Gasteiger partial charge on any atom is -0.382 e. The highest BCUT2D eigenvalue weighted by Crippen LogP contribution is 2.34. The second-order valence-corrected chi connectivity index (χ2v) is 2.94. The first-order chi connectivity index (χ1) is 4.21. The van der Waals surface area contributed by atoms with E-state index < -0.39 is 0 Å². The summed E-state index contributed by atoms with van der Waals surface area (Å²) in [5.41, 5.74) is 0.0781. The van der Waals surface area contributed by atoms with Gasteiger partial charge in [-0.1, -0.05) is 13.8 Å². The lowest BCUT2D eigenvalue weighted by molar-refractivity contribution is 0.0942. The van der Waals surface area contributed by atoms with Crippen LogP contribution in [-0.2, 0) is 9.47 Å². The fourth-order valence-corrected chi connectivity index (χ4v) is 0.920. The van der Waals surface area contributed by atoms with Crippen LogP contribution in [0.15, 0.2) is 0 Å². The molecule has 1 atom stereocenters. The van der Waals surface area contributed by atoms with Crippen LogP contribution in [0.3, 0.4) is 0 Å². The van der Waals surface area contributed by atoms with Gasteiger partial charge in [0.05, 0.1) is 13.2 Å². The van der Waals surface area contributed by atoms with Gasteiger partial charge in [-0.3, -0.25) is 0 Å². The highest BCUT2D eigenvalue weighted by Gasteiger charge is 2.47. The third kappa shape index (κ3) is 1.25. The van der Waals surface area contributed by atoms with Gasteiger partial charge in [0.2, 0.25) is 0 Å². The molecule has 1 unspecified atom stereocenters. The Morgan fingerprint density at radius 3 is 2.33 bits per heavy atom. The number of ether oxygens (including phenoxy) is 2. The molecular weight excluding hydrogens is 116 g/mol. The van der Waals surface area contributed by atoms with E-state index in [1.54, 1.807) is 7.11 Å². The molecule has 1 heterocycles. The maximum absolute atomic E-state index is 5.27. The zero-order chi connectivity index (χ0) is 6.91. The van der Waals surface area contributed by atoms with Gasteiger partial charge in [-0.2, -0.15) is 0 Å². The van der Waals surface area contributed by atoms with Crippen molar-refractivity contribution in [2.45, 2.75) is 19.4 Å². The minimum atomic E-state index is 0.0781. The summed E-state index contributed by atoms with van der Waals surface area (Å²) in [6.45, 7) is 5.93. The van der Waals surface area contributed by atoms with E-state index in [2.05, 4.69) is 13.8 Å². The maximum Gasteiger partial charge on any atom is 0.117 e. The fourth-order valence-electron chi connectivity index (χ4n) is 0.920. The molecule has 2 heteroatoms. The van der Waals surface area contributed by atoms with Crippen LogP contribution in [-0.4, -0.2) is 25.9 Å². The monoisotopic (exact) mass is 130 g/mol. The molecule has 0 spiro atoms. The van der Waals surface area contributed by atoms with E-state index in [1.807, 2.05) is 0 Å². The van der Waals surface area contributed by atoms with Crippen LogP contribution in [0.4, 0.5) is 0 Å². The summed E-state index contributed by atoms with van der Waals surface area (Å²) in [5.74, 6) is 0.581. The van der Waals surface area contributed by atoms with Crippen molar-refractivity contribution in [1.29, 1.82) is 0 Å². The Balaban J connectivity index is 2.33. The van der Waals surface area contributed by atoms with Gasteiger partial charge >= 0.3 is 0 Å². The van der Waals surface area contributed by atoms with Gasteiger partial charge in [0.15, 0.2) is 0 Å². The zero-order valence-corrected chi connectivity index (χ0v) is 6.31. The maximum atomic E-state index is 5.27. The van der Waals surface area contributed by atoms with Crippen molar-refractivity contribution >= 4 is 0 Å². The third-order valence-corrected chi connectivity index (χ3v) is 1.96. The van der Waals surface area contributed by atoms with Crippen LogP contribution < -0.4 is 0 Å². The molecule has 1 rings (SSSR count). The molecule has 1 aliphatic heterocycles. The molecule has 9 heavy (non-hydrogen) atoms. The van der Waals surface area contributed by atoms with Crippen LogP contribution >= 0.6 is 0 Å². The average Bonchev–Trinajstić information content (AvgIpc) is 2.49. The van der Waals surface area contributed by atoms with E-state index in [1.165, 1.54) is 0 Å². The predicted molar refractivity (Wildman–Crippen MR) is 35.4 cm³/mol. The summed E-state index contributed by atoms with van der Waals surface area (Å²) in [6.07, 6.45) is 0. The Bertz CT molecular complexity index is 95.1. The minimum absolute atomic E-state index is 0.0781. The lowest BCUT2D eigenvalue weighted by atomic mass is 9.98. The molecule has 54 valence electrons. The van der Waals surface area contributed by atoms with Crippen LogP contribution in [0.1, 0.15) is 13.8 Å². The van der Waals surface area contributed by atoms with Gasteiger partial charge in [-0.25, -0.2) is 0 Å². The smallest absolute Gasteiger partial charge is 0.117 e. The van der Waals surface area contributed by atoms with Crippen molar-refractivity contribution in [2.75, 3.05) is 20.3 Å². The molecule has 1 saturated heterocycles. The molecule has 0 aromatic rings. The molecule has 1 fully saturated rings. The molecule has 0 radical (unpaired) electrons. The van der Waals surface area contributed by atoms with Gasteiger partial charge < -0.3 is 9.47 Å². The molecular formula is C7H14O2. The summed E-state index contributed by atoms with van der Waals surface area (Å²) in [4.78, 5) is 0. The molecule has 0 aromatic heterocycles. The first-order valence-electron chi connectivity index (χ1n) is 3.34. The zero-order valence-electron chi connectivity index (χ0n) is 6.31. The molecule has 2 nitrogen and oxygen atoms in total. The molecule has 0 aliphatic carbocycles. The number of epoxide rings is 1. The van der Waals surface area contributed by atoms with E-state index >= 15 is 0 Å². The SMILES string of the molecule is COCC1(C(C)C)CO1. The van der Waals surface area contributed by atoms with Crippen LogP contribution in [0.25, 0.3) is 0 Å². The summed E-state index contributed by atoms with van der Waals surface area (Å²) < 4.78 is 10.3. The second-order valence-electron chi connectivity index (χ2n) is 2.94. The summed E-state index contributed by atoms with van der Waals surface area (Å²) >= 11 is 0. The first-order valence-corrected chi connectivity index (χ1v) is 3.34. The van der Waals surface area contributed by atoms with Crippen LogP contribution in [0, 0.1) is 5.92 Å². The Labute approximate surface area is 56.2 Å². The third-order valence-electron chi connectivity index (χ3n) is 1.96. The van der Waals surface area contributed by atoms with E-state index in [0.29, 0.717) is 5.92 Å². The Morgan fingerprint density at radius 1 is 1.67 bits per heavy atom. The molecule has 0 saturated carbocycles. The van der Waals surface area contributed by atoms with Crippen molar-refractivity contribution in [1.82, 2.24) is 0 Å². The number of rotatable bonds is 3. The topological polar surface area (TPSA) is 21.8 Å². The quantitative estimate of drug-likeness (QED) is 0.533. The van der Waals surface area contributed by atoms with Crippen LogP contribution in [0.2, 0.25) is 0 Å². The van der Waals surface area contributed by atoms with Gasteiger partial charge in [0, 0.05) is 7.11 Å². The predicted octanol–water partition coefficient (Wildman–Crippen LogP) is 1.06. The van der Waals surface area contributed by atoms with Gasteiger partial charge in [0.25, 0.3) is 0 Å². The highest BCUT2D eigenvalue weighted by atomic mass is 16.6. The standard InChI is InChI=1S/C7H14O2/c1-6(2)7(4-8-3)5-9-7/h6H,4-5H2,1-3H3. The van der Waals surface area contributed by atoms with Crippen molar-refractivity contribution < 1.29 is 9.47 Å². The average molecular weight is 130 g/mol. The van der Waals surface area contributed by atoms with Crippen molar-refractivity contribution in [2.24, 2.45) is 5.92 Å². The van der Waals surface area contributed by atoms with Crippen molar-refractivity contribution in [3.8, 4) is 0 Å². The largest absolute Gasteiger partial charge is 0.382 e.